The molecular weight excluding hydrogens is 284 g/mol. The van der Waals surface area contributed by atoms with Crippen LogP contribution in [0, 0.1) is 0 Å². The molecule has 1 aliphatic carbocycles. The first-order valence-electron chi connectivity index (χ1n) is 7.98. The molecule has 0 amide bonds. The van der Waals surface area contributed by atoms with Gasteiger partial charge < -0.3 is 5.32 Å². The van der Waals surface area contributed by atoms with Gasteiger partial charge >= 0.3 is 0 Å². The minimum Gasteiger partial charge on any atom is -0.382 e. The molecule has 1 aliphatic rings. The van der Waals surface area contributed by atoms with E-state index < -0.39 is 10.0 Å². The summed E-state index contributed by atoms with van der Waals surface area (Å²) in [5.74, 6) is 0. The molecule has 21 heavy (non-hydrogen) atoms. The first-order valence-corrected chi connectivity index (χ1v) is 9.46. The Morgan fingerprint density at radius 2 is 1.67 bits per heavy atom. The van der Waals surface area contributed by atoms with Crippen molar-refractivity contribution in [3.63, 3.8) is 0 Å². The summed E-state index contributed by atoms with van der Waals surface area (Å²) in [5, 5.41) is 3.53. The second-order valence-corrected chi connectivity index (χ2v) is 7.52. The third-order valence-corrected chi connectivity index (χ3v) is 5.41. The second kappa shape index (κ2) is 7.80. The Morgan fingerprint density at radius 3 is 2.24 bits per heavy atom. The lowest BCUT2D eigenvalue weighted by molar-refractivity contribution is 0.581. The van der Waals surface area contributed by atoms with E-state index in [0.717, 1.165) is 12.1 Å². The molecule has 0 atom stereocenters. The van der Waals surface area contributed by atoms with Crippen molar-refractivity contribution in [3.8, 4) is 0 Å². The van der Waals surface area contributed by atoms with Gasteiger partial charge in [0.2, 0.25) is 10.0 Å². The van der Waals surface area contributed by atoms with Crippen LogP contribution in [0.3, 0.4) is 0 Å². The molecule has 0 spiro atoms. The molecule has 0 radical (unpaired) electrons. The first kappa shape index (κ1) is 16.3. The lowest BCUT2D eigenvalue weighted by Crippen LogP contribution is -2.24. The van der Waals surface area contributed by atoms with Gasteiger partial charge in [-0.1, -0.05) is 32.6 Å². The average Bonchev–Trinajstić information content (AvgIpc) is 2.74. The fourth-order valence-corrected chi connectivity index (χ4v) is 3.84. The summed E-state index contributed by atoms with van der Waals surface area (Å²) in [4.78, 5) is 0.336. The van der Waals surface area contributed by atoms with E-state index in [9.17, 15) is 8.42 Å². The summed E-state index contributed by atoms with van der Waals surface area (Å²) < 4.78 is 26.6. The minimum atomic E-state index is -3.36. The Morgan fingerprint density at radius 1 is 1.05 bits per heavy atom. The van der Waals surface area contributed by atoms with Crippen molar-refractivity contribution in [2.45, 2.75) is 62.8 Å². The predicted molar refractivity (Wildman–Crippen MR) is 87.0 cm³/mol. The van der Waals surface area contributed by atoms with Crippen LogP contribution in [0.2, 0.25) is 0 Å². The van der Waals surface area contributed by atoms with Crippen LogP contribution < -0.4 is 10.0 Å². The molecule has 1 aromatic carbocycles. The summed E-state index contributed by atoms with van der Waals surface area (Å²) in [6.07, 6.45) is 8.43. The summed E-state index contributed by atoms with van der Waals surface area (Å²) in [6, 6.07) is 7.61. The third kappa shape index (κ3) is 5.00. The smallest absolute Gasteiger partial charge is 0.240 e. The maximum Gasteiger partial charge on any atom is 0.240 e. The van der Waals surface area contributed by atoms with Gasteiger partial charge in [0, 0.05) is 18.3 Å². The van der Waals surface area contributed by atoms with Crippen LogP contribution in [-0.4, -0.2) is 21.0 Å². The van der Waals surface area contributed by atoms with Gasteiger partial charge in [0.1, 0.15) is 0 Å². The number of benzene rings is 1. The zero-order chi connectivity index (χ0) is 15.1. The van der Waals surface area contributed by atoms with Crippen LogP contribution in [0.1, 0.15) is 51.9 Å². The topological polar surface area (TPSA) is 58.2 Å². The van der Waals surface area contributed by atoms with Crippen LogP contribution in [0.4, 0.5) is 5.69 Å². The van der Waals surface area contributed by atoms with Crippen molar-refractivity contribution in [2.24, 2.45) is 0 Å². The fourth-order valence-electron chi connectivity index (χ4n) is 2.71. The number of hydrogen-bond donors (Lipinski definition) is 2. The lowest BCUT2D eigenvalue weighted by atomic mass is 10.1. The highest BCUT2D eigenvalue weighted by atomic mass is 32.2. The predicted octanol–water partition coefficient (Wildman–Crippen LogP) is 3.51. The van der Waals surface area contributed by atoms with Crippen LogP contribution in [0.15, 0.2) is 29.2 Å². The van der Waals surface area contributed by atoms with Gasteiger partial charge in [-0.15, -0.1) is 0 Å². The highest BCUT2D eigenvalue weighted by molar-refractivity contribution is 7.89. The molecule has 2 N–H and O–H groups in total. The molecule has 0 unspecified atom stereocenters. The van der Waals surface area contributed by atoms with E-state index >= 15 is 0 Å². The number of anilines is 1. The van der Waals surface area contributed by atoms with Gasteiger partial charge in [-0.25, -0.2) is 13.1 Å². The molecule has 1 aromatic rings. The van der Waals surface area contributed by atoms with Crippen molar-refractivity contribution >= 4 is 15.7 Å². The molecule has 0 aliphatic heterocycles. The number of sulfonamides is 1. The molecule has 5 heteroatoms. The highest BCUT2D eigenvalue weighted by Gasteiger charge is 2.14. The Hall–Kier alpha value is -1.07. The van der Waals surface area contributed by atoms with Crippen molar-refractivity contribution < 1.29 is 8.42 Å². The third-order valence-electron chi connectivity index (χ3n) is 3.93. The quantitative estimate of drug-likeness (QED) is 0.791. The van der Waals surface area contributed by atoms with Crippen molar-refractivity contribution in [2.75, 3.05) is 11.9 Å². The Balaban J connectivity index is 1.98. The van der Waals surface area contributed by atoms with Gasteiger partial charge in [-0.05, 0) is 43.5 Å². The van der Waals surface area contributed by atoms with E-state index in [-0.39, 0.29) is 0 Å². The monoisotopic (exact) mass is 310 g/mol. The molecule has 2 rings (SSSR count). The molecule has 0 aromatic heterocycles. The Labute approximate surface area is 128 Å². The molecule has 118 valence electrons. The summed E-state index contributed by atoms with van der Waals surface area (Å²) in [7, 11) is -3.36. The zero-order valence-electron chi connectivity index (χ0n) is 12.8. The molecule has 0 heterocycles. The van der Waals surface area contributed by atoms with E-state index in [1.54, 1.807) is 12.1 Å². The molecule has 0 saturated heterocycles. The standard InChI is InChI=1S/C16H26N2O2S/c1-2-13-17-21(19,20)16-11-9-15(10-12-16)18-14-7-5-3-4-6-8-14/h9-12,14,17-18H,2-8,13H2,1H3. The van der Waals surface area contributed by atoms with Crippen molar-refractivity contribution in [1.82, 2.24) is 4.72 Å². The number of hydrogen-bond acceptors (Lipinski definition) is 3. The summed E-state index contributed by atoms with van der Waals surface area (Å²) >= 11 is 0. The summed E-state index contributed by atoms with van der Waals surface area (Å²) in [5.41, 5.74) is 1.01. The zero-order valence-corrected chi connectivity index (χ0v) is 13.6. The van der Waals surface area contributed by atoms with E-state index in [0.29, 0.717) is 17.5 Å². The number of nitrogens with one attached hydrogen (secondary N) is 2. The maximum absolute atomic E-state index is 12.0. The molecule has 1 fully saturated rings. The SMILES string of the molecule is CCCNS(=O)(=O)c1ccc(NC2CCCCCC2)cc1. The molecule has 4 nitrogen and oxygen atoms in total. The van der Waals surface area contributed by atoms with Crippen LogP contribution >= 0.6 is 0 Å². The van der Waals surface area contributed by atoms with Gasteiger partial charge in [0.15, 0.2) is 0 Å². The summed E-state index contributed by atoms with van der Waals surface area (Å²) in [6.45, 7) is 2.42. The maximum atomic E-state index is 12.0. The van der Waals surface area contributed by atoms with E-state index in [1.165, 1.54) is 38.5 Å². The van der Waals surface area contributed by atoms with E-state index in [1.807, 2.05) is 19.1 Å². The van der Waals surface area contributed by atoms with E-state index in [2.05, 4.69) is 10.0 Å². The molecule has 1 saturated carbocycles. The fraction of sp³-hybridized carbons (Fsp3) is 0.625. The second-order valence-electron chi connectivity index (χ2n) is 5.75. The van der Waals surface area contributed by atoms with E-state index in [4.69, 9.17) is 0 Å². The normalized spacial score (nSPS) is 17.4. The molecule has 0 bridgehead atoms. The Kier molecular flexibility index (Phi) is 6.06. The lowest BCUT2D eigenvalue weighted by Gasteiger charge is -2.17. The Bertz CT molecular complexity index is 518. The van der Waals surface area contributed by atoms with Gasteiger partial charge in [-0.2, -0.15) is 0 Å². The first-order chi connectivity index (χ1) is 10.1. The van der Waals surface area contributed by atoms with Crippen molar-refractivity contribution in [1.29, 1.82) is 0 Å². The van der Waals surface area contributed by atoms with Gasteiger partial charge in [0.25, 0.3) is 0 Å². The highest BCUT2D eigenvalue weighted by Crippen LogP contribution is 2.22. The van der Waals surface area contributed by atoms with Gasteiger partial charge in [-0.3, -0.25) is 0 Å². The van der Waals surface area contributed by atoms with Crippen LogP contribution in [0.5, 0.6) is 0 Å². The largest absolute Gasteiger partial charge is 0.382 e. The van der Waals surface area contributed by atoms with Crippen LogP contribution in [0.25, 0.3) is 0 Å². The molecular formula is C16H26N2O2S. The van der Waals surface area contributed by atoms with Gasteiger partial charge in [0.05, 0.1) is 4.90 Å². The number of rotatable bonds is 6. The minimum absolute atomic E-state index is 0.336. The average molecular weight is 310 g/mol. The van der Waals surface area contributed by atoms with Crippen molar-refractivity contribution in [3.05, 3.63) is 24.3 Å². The van der Waals surface area contributed by atoms with Crippen LogP contribution in [-0.2, 0) is 10.0 Å².